The number of fused-ring (bicyclic) bond motifs is 1. The summed E-state index contributed by atoms with van der Waals surface area (Å²) in [6, 6.07) is 4.31. The van der Waals surface area contributed by atoms with Crippen LogP contribution in [0.15, 0.2) is 30.3 Å². The van der Waals surface area contributed by atoms with Crippen LogP contribution in [0.5, 0.6) is 0 Å². The summed E-state index contributed by atoms with van der Waals surface area (Å²) < 4.78 is 0. The Balaban J connectivity index is 0.00000507. The Hall–Kier alpha value is -2.93. The summed E-state index contributed by atoms with van der Waals surface area (Å²) in [6.45, 7) is -0.729. The van der Waals surface area contributed by atoms with Gasteiger partial charge in [0.1, 0.15) is 0 Å². The van der Waals surface area contributed by atoms with Crippen molar-refractivity contribution in [3.8, 4) is 0 Å². The lowest BCUT2D eigenvalue weighted by Crippen LogP contribution is -2.44. The summed E-state index contributed by atoms with van der Waals surface area (Å²) in [5, 5.41) is 42.2. The zero-order valence-corrected chi connectivity index (χ0v) is 22.3. The fourth-order valence-corrected chi connectivity index (χ4v) is 4.67. The molecule has 0 aliphatic carbocycles. The van der Waals surface area contributed by atoms with E-state index in [9.17, 15) is 39.6 Å². The zero-order chi connectivity index (χ0) is 27.4. The second-order valence-corrected chi connectivity index (χ2v) is 9.49. The van der Waals surface area contributed by atoms with Crippen molar-refractivity contribution in [2.24, 2.45) is 0 Å². The number of hydrogen-bond acceptors (Lipinski definition) is 7. The summed E-state index contributed by atoms with van der Waals surface area (Å²) in [6.07, 6.45) is 0. The number of benzene rings is 2. The molecule has 1 aliphatic heterocycles. The SMILES string of the molecule is CN1Cc2c(Cl)cc(Cl)cc2C(c2cc(C(=O)NC(CO)C(=O)O)cc(C(=O)N[C@@H](CO)C(=O)O)c2)C1.Cl. The van der Waals surface area contributed by atoms with Crippen LogP contribution >= 0.6 is 35.6 Å². The molecule has 11 nitrogen and oxygen atoms in total. The number of aliphatic hydroxyl groups is 2. The van der Waals surface area contributed by atoms with Crippen molar-refractivity contribution in [2.45, 2.75) is 24.5 Å². The summed E-state index contributed by atoms with van der Waals surface area (Å²) in [5.74, 6) is -5.07. The van der Waals surface area contributed by atoms with E-state index in [0.717, 1.165) is 11.1 Å². The highest BCUT2D eigenvalue weighted by atomic mass is 35.5. The van der Waals surface area contributed by atoms with Crippen LogP contribution < -0.4 is 10.6 Å². The Morgan fingerprint density at radius 2 is 1.42 bits per heavy atom. The third-order valence-electron chi connectivity index (χ3n) is 5.95. The van der Waals surface area contributed by atoms with E-state index in [4.69, 9.17) is 23.2 Å². The molecule has 0 saturated heterocycles. The summed E-state index contributed by atoms with van der Waals surface area (Å²) in [5.41, 5.74) is 1.87. The molecule has 6 N–H and O–H groups in total. The lowest BCUT2D eigenvalue weighted by atomic mass is 9.83. The van der Waals surface area contributed by atoms with Gasteiger partial charge < -0.3 is 36.0 Å². The van der Waals surface area contributed by atoms with Crippen molar-refractivity contribution in [3.05, 3.63) is 68.2 Å². The van der Waals surface area contributed by atoms with Gasteiger partial charge in [-0.3, -0.25) is 9.59 Å². The fraction of sp³-hybridized carbons (Fsp3) is 0.333. The minimum absolute atomic E-state index is 0. The number of carbonyl (C=O) groups is 4. The molecule has 206 valence electrons. The molecule has 3 rings (SSSR count). The number of aliphatic hydroxyl groups excluding tert-OH is 2. The topological polar surface area (TPSA) is 176 Å². The fourth-order valence-electron chi connectivity index (χ4n) is 4.10. The second kappa shape index (κ2) is 13.2. The molecule has 2 unspecified atom stereocenters. The Bertz CT molecular complexity index is 1190. The predicted octanol–water partition coefficient (Wildman–Crippen LogP) is 1.34. The molecule has 0 bridgehead atoms. The number of likely N-dealkylation sites (N-methyl/N-ethyl adjacent to an activating group) is 1. The highest BCUT2D eigenvalue weighted by Crippen LogP contribution is 2.39. The molecular formula is C24H26Cl3N3O8. The molecule has 0 radical (unpaired) electrons. The third kappa shape index (κ3) is 7.13. The van der Waals surface area contributed by atoms with Gasteiger partial charge >= 0.3 is 11.9 Å². The molecule has 3 atom stereocenters. The maximum atomic E-state index is 12.9. The molecule has 2 amide bonds. The standard InChI is InChI=1S/C24H25Cl2N3O8.ClH/c1-29-7-16(15-5-14(25)6-18(26)17(15)8-29)11-2-12(21(32)27-19(9-30)23(34)35)4-13(3-11)22(33)28-20(10-31)24(36)37;/h2-6,16,19-20,30-31H,7-10H2,1H3,(H,27,32)(H,28,33)(H,34,35)(H,36,37);1H/t16?,19-,20?;/m0./s1. The van der Waals surface area contributed by atoms with Crippen LogP contribution in [0.3, 0.4) is 0 Å². The molecule has 14 heteroatoms. The van der Waals surface area contributed by atoms with Crippen LogP contribution in [-0.2, 0) is 16.1 Å². The number of halogens is 3. The second-order valence-electron chi connectivity index (χ2n) is 8.64. The monoisotopic (exact) mass is 589 g/mol. The van der Waals surface area contributed by atoms with Crippen LogP contribution in [0.25, 0.3) is 0 Å². The lowest BCUT2D eigenvalue weighted by Gasteiger charge is -2.33. The van der Waals surface area contributed by atoms with Gasteiger partial charge in [0.15, 0.2) is 12.1 Å². The normalized spacial score (nSPS) is 16.4. The van der Waals surface area contributed by atoms with Gasteiger partial charge in [-0.25, -0.2) is 9.59 Å². The van der Waals surface area contributed by atoms with Crippen molar-refractivity contribution in [3.63, 3.8) is 0 Å². The Kier molecular flexibility index (Phi) is 10.9. The Labute approximate surface area is 233 Å². The number of hydrogen-bond donors (Lipinski definition) is 6. The van der Waals surface area contributed by atoms with E-state index in [1.54, 1.807) is 12.1 Å². The van der Waals surface area contributed by atoms with Gasteiger partial charge in [-0.05, 0) is 54.1 Å². The number of rotatable bonds is 9. The average molecular weight is 591 g/mol. The van der Waals surface area contributed by atoms with Gasteiger partial charge in [0.2, 0.25) is 0 Å². The van der Waals surface area contributed by atoms with Gasteiger partial charge in [0.05, 0.1) is 13.2 Å². The minimum atomic E-state index is -1.58. The lowest BCUT2D eigenvalue weighted by molar-refractivity contribution is -0.141. The van der Waals surface area contributed by atoms with E-state index in [-0.39, 0.29) is 23.5 Å². The first-order chi connectivity index (χ1) is 17.4. The number of carboxylic acids is 2. The van der Waals surface area contributed by atoms with Crippen LogP contribution in [0.1, 0.15) is 43.3 Å². The minimum Gasteiger partial charge on any atom is -0.480 e. The summed E-state index contributed by atoms with van der Waals surface area (Å²) in [7, 11) is 1.86. The molecule has 0 saturated carbocycles. The van der Waals surface area contributed by atoms with Crippen molar-refractivity contribution in [1.29, 1.82) is 0 Å². The Morgan fingerprint density at radius 3 is 1.87 bits per heavy atom. The number of nitrogens with one attached hydrogen (secondary N) is 2. The van der Waals surface area contributed by atoms with E-state index in [0.29, 0.717) is 28.7 Å². The first kappa shape index (κ1) is 31.3. The first-order valence-electron chi connectivity index (χ1n) is 11.1. The molecular weight excluding hydrogens is 565 g/mol. The quantitative estimate of drug-likeness (QED) is 0.252. The van der Waals surface area contributed by atoms with Gasteiger partial charge in [-0.15, -0.1) is 12.4 Å². The molecule has 0 aromatic heterocycles. The number of carbonyl (C=O) groups excluding carboxylic acids is 2. The average Bonchev–Trinajstić information content (AvgIpc) is 2.84. The van der Waals surface area contributed by atoms with Gasteiger partial charge in [0, 0.05) is 40.2 Å². The third-order valence-corrected chi connectivity index (χ3v) is 6.50. The number of aliphatic carboxylic acids is 2. The van der Waals surface area contributed by atoms with Crippen LogP contribution in [-0.4, -0.2) is 88.0 Å². The van der Waals surface area contributed by atoms with E-state index < -0.39 is 55.0 Å². The number of amides is 2. The van der Waals surface area contributed by atoms with E-state index in [1.807, 2.05) is 11.9 Å². The molecule has 0 fully saturated rings. The van der Waals surface area contributed by atoms with Gasteiger partial charge in [-0.1, -0.05) is 23.2 Å². The first-order valence-corrected chi connectivity index (χ1v) is 11.8. The van der Waals surface area contributed by atoms with Crippen molar-refractivity contribution < 1.29 is 39.6 Å². The van der Waals surface area contributed by atoms with Gasteiger partial charge in [-0.2, -0.15) is 0 Å². The smallest absolute Gasteiger partial charge is 0.328 e. The molecule has 1 aliphatic rings. The Morgan fingerprint density at radius 1 is 0.921 bits per heavy atom. The van der Waals surface area contributed by atoms with Crippen LogP contribution in [0.4, 0.5) is 0 Å². The van der Waals surface area contributed by atoms with Gasteiger partial charge in [0.25, 0.3) is 11.8 Å². The highest BCUT2D eigenvalue weighted by Gasteiger charge is 2.30. The van der Waals surface area contributed by atoms with Crippen molar-refractivity contribution in [1.82, 2.24) is 15.5 Å². The summed E-state index contributed by atoms with van der Waals surface area (Å²) in [4.78, 5) is 50.4. The predicted molar refractivity (Wildman–Crippen MR) is 140 cm³/mol. The van der Waals surface area contributed by atoms with Crippen LogP contribution in [0.2, 0.25) is 10.0 Å². The van der Waals surface area contributed by atoms with Crippen molar-refractivity contribution >= 4 is 59.4 Å². The maximum Gasteiger partial charge on any atom is 0.328 e. The number of nitrogens with zero attached hydrogens (tertiary/aromatic N) is 1. The largest absolute Gasteiger partial charge is 0.480 e. The van der Waals surface area contributed by atoms with E-state index in [2.05, 4.69) is 10.6 Å². The molecule has 2 aromatic carbocycles. The zero-order valence-electron chi connectivity index (χ0n) is 20.0. The summed E-state index contributed by atoms with van der Waals surface area (Å²) >= 11 is 12.7. The molecule has 2 aromatic rings. The van der Waals surface area contributed by atoms with Crippen molar-refractivity contribution in [2.75, 3.05) is 26.8 Å². The molecule has 0 spiro atoms. The maximum absolute atomic E-state index is 12.9. The highest BCUT2D eigenvalue weighted by molar-refractivity contribution is 6.35. The number of carboxylic acid groups (broad SMARTS) is 2. The van der Waals surface area contributed by atoms with E-state index in [1.165, 1.54) is 18.2 Å². The van der Waals surface area contributed by atoms with Crippen LogP contribution in [0, 0.1) is 0 Å². The molecule has 1 heterocycles. The van der Waals surface area contributed by atoms with E-state index >= 15 is 0 Å². The molecule has 38 heavy (non-hydrogen) atoms.